The van der Waals surface area contributed by atoms with Gasteiger partial charge in [0.15, 0.2) is 5.69 Å². The first-order valence-electron chi connectivity index (χ1n) is 10.7. The highest BCUT2D eigenvalue weighted by Gasteiger charge is 2.22. The number of pyridine rings is 3. The Bertz CT molecular complexity index is 1450. The molecule has 0 saturated carbocycles. The summed E-state index contributed by atoms with van der Waals surface area (Å²) < 4.78 is 53.8. The molecule has 3 heterocycles. The summed E-state index contributed by atoms with van der Waals surface area (Å²) in [6.07, 6.45) is -4.59. The molecule has 0 aliphatic rings. The van der Waals surface area contributed by atoms with E-state index in [2.05, 4.69) is 20.3 Å². The van der Waals surface area contributed by atoms with Crippen LogP contribution in [0.5, 0.6) is 0 Å². The monoisotopic (exact) mass is 518 g/mol. The number of aryl methyl sites for hydroxylation is 1. The number of anilines is 1. The molecule has 4 aromatic rings. The molecule has 2 N–H and O–H groups in total. The number of carboxylic acid groups (broad SMARTS) is 1. The first-order chi connectivity index (χ1) is 17.0. The zero-order valence-corrected chi connectivity index (χ0v) is 19.7. The molecule has 0 aliphatic carbocycles. The maximum Gasteiger partial charge on any atom is 0.356 e. The number of fused-ring (bicyclic) bond motifs is 1. The van der Waals surface area contributed by atoms with Crippen LogP contribution in [0.25, 0.3) is 22.0 Å². The SMILES string of the molecule is Cc1cc([C@H](C)Nc2ccc(Cl)nc2C(=O)O)c2cc(-c3ccc(C(F)F)nc3)c(C(F)F)nc2c1. The van der Waals surface area contributed by atoms with Gasteiger partial charge in [-0.2, -0.15) is 0 Å². The topological polar surface area (TPSA) is 88.0 Å². The standard InChI is InChI=1S/C25H19ClF4N4O2/c1-11-7-14(12(2)32-17-5-6-20(26)34-22(17)25(35)36)16-9-15(21(24(29)30)33-19(16)8-11)13-3-4-18(23(27)28)31-10-13/h3-10,12,23-24,32H,1-2H3,(H,35,36)/t12-/m0/s1. The average molecular weight is 519 g/mol. The van der Waals surface area contributed by atoms with Gasteiger partial charge < -0.3 is 10.4 Å². The van der Waals surface area contributed by atoms with Gasteiger partial charge in [0.2, 0.25) is 0 Å². The van der Waals surface area contributed by atoms with Crippen LogP contribution < -0.4 is 5.32 Å². The molecule has 0 saturated heterocycles. The van der Waals surface area contributed by atoms with Crippen molar-refractivity contribution in [3.63, 3.8) is 0 Å². The second kappa shape index (κ2) is 10.1. The van der Waals surface area contributed by atoms with E-state index in [1.54, 1.807) is 19.9 Å². The molecule has 0 spiro atoms. The van der Waals surface area contributed by atoms with E-state index in [0.29, 0.717) is 16.5 Å². The highest BCUT2D eigenvalue weighted by atomic mass is 35.5. The van der Waals surface area contributed by atoms with Crippen LogP contribution in [0.15, 0.2) is 48.7 Å². The first-order valence-corrected chi connectivity index (χ1v) is 11.1. The van der Waals surface area contributed by atoms with Crippen molar-refractivity contribution in [3.8, 4) is 11.1 Å². The van der Waals surface area contributed by atoms with E-state index in [-0.39, 0.29) is 27.7 Å². The average Bonchev–Trinajstić information content (AvgIpc) is 2.83. The van der Waals surface area contributed by atoms with Gasteiger partial charge >= 0.3 is 5.97 Å². The number of carboxylic acids is 1. The Morgan fingerprint density at radius 2 is 1.78 bits per heavy atom. The maximum atomic E-state index is 14.0. The number of rotatable bonds is 7. The predicted octanol–water partition coefficient (Wildman–Crippen LogP) is 7.40. The largest absolute Gasteiger partial charge is 0.476 e. The Labute approximate surface area is 208 Å². The zero-order chi connectivity index (χ0) is 26.1. The lowest BCUT2D eigenvalue weighted by atomic mass is 9.95. The number of carbonyl (C=O) groups is 1. The van der Waals surface area contributed by atoms with Gasteiger partial charge in [-0.3, -0.25) is 4.98 Å². The fraction of sp³-hybridized carbons (Fsp3) is 0.200. The summed E-state index contributed by atoms with van der Waals surface area (Å²) in [4.78, 5) is 23.4. The Balaban J connectivity index is 1.85. The van der Waals surface area contributed by atoms with Crippen LogP contribution in [0.1, 0.15) is 58.8 Å². The van der Waals surface area contributed by atoms with E-state index in [4.69, 9.17) is 11.6 Å². The molecular formula is C25H19ClF4N4O2. The third-order valence-electron chi connectivity index (χ3n) is 5.57. The van der Waals surface area contributed by atoms with Crippen molar-refractivity contribution in [2.45, 2.75) is 32.7 Å². The van der Waals surface area contributed by atoms with Gasteiger partial charge in [-0.1, -0.05) is 23.7 Å². The molecule has 0 radical (unpaired) electrons. The van der Waals surface area contributed by atoms with Gasteiger partial charge in [0.25, 0.3) is 12.9 Å². The van der Waals surface area contributed by atoms with Crippen molar-refractivity contribution in [1.29, 1.82) is 0 Å². The third kappa shape index (κ3) is 5.08. The minimum absolute atomic E-state index is 0.0199. The molecular weight excluding hydrogens is 500 g/mol. The second-order valence-corrected chi connectivity index (χ2v) is 8.50. The van der Waals surface area contributed by atoms with Crippen LogP contribution >= 0.6 is 11.6 Å². The number of alkyl halides is 4. The van der Waals surface area contributed by atoms with E-state index in [1.807, 2.05) is 6.07 Å². The number of benzene rings is 1. The number of hydrogen-bond acceptors (Lipinski definition) is 5. The van der Waals surface area contributed by atoms with Gasteiger partial charge in [-0.15, -0.1) is 0 Å². The summed E-state index contributed by atoms with van der Waals surface area (Å²) in [6.45, 7) is 3.56. The van der Waals surface area contributed by atoms with Crippen LogP contribution in [0, 0.1) is 6.92 Å². The van der Waals surface area contributed by atoms with Crippen LogP contribution in [0.3, 0.4) is 0 Å². The fourth-order valence-electron chi connectivity index (χ4n) is 3.94. The van der Waals surface area contributed by atoms with Crippen LogP contribution in [0.2, 0.25) is 5.15 Å². The lowest BCUT2D eigenvalue weighted by Crippen LogP contribution is -2.13. The summed E-state index contributed by atoms with van der Waals surface area (Å²) in [7, 11) is 0. The molecule has 1 atom stereocenters. The van der Waals surface area contributed by atoms with Crippen molar-refractivity contribution < 1.29 is 27.5 Å². The second-order valence-electron chi connectivity index (χ2n) is 8.12. The molecule has 6 nitrogen and oxygen atoms in total. The molecule has 0 aliphatic heterocycles. The molecule has 186 valence electrons. The van der Waals surface area contributed by atoms with Crippen molar-refractivity contribution in [1.82, 2.24) is 15.0 Å². The molecule has 36 heavy (non-hydrogen) atoms. The highest BCUT2D eigenvalue weighted by Crippen LogP contribution is 2.36. The maximum absolute atomic E-state index is 14.0. The number of nitrogens with zero attached hydrogens (tertiary/aromatic N) is 3. The summed E-state index contributed by atoms with van der Waals surface area (Å²) in [5.41, 5.74) is 0.975. The lowest BCUT2D eigenvalue weighted by Gasteiger charge is -2.20. The molecule has 4 rings (SSSR count). The van der Waals surface area contributed by atoms with Crippen molar-refractivity contribution in [3.05, 3.63) is 82.0 Å². The molecule has 0 amide bonds. The van der Waals surface area contributed by atoms with E-state index in [9.17, 15) is 27.5 Å². The van der Waals surface area contributed by atoms with E-state index >= 15 is 0 Å². The number of nitrogens with one attached hydrogen (secondary N) is 1. The number of hydrogen-bond donors (Lipinski definition) is 2. The number of halogens is 5. The normalized spacial score (nSPS) is 12.4. The van der Waals surface area contributed by atoms with Crippen LogP contribution in [-0.4, -0.2) is 26.0 Å². The van der Waals surface area contributed by atoms with E-state index in [1.165, 1.54) is 24.3 Å². The van der Waals surface area contributed by atoms with Crippen molar-refractivity contribution in [2.24, 2.45) is 0 Å². The summed E-state index contributed by atoms with van der Waals surface area (Å²) in [5.74, 6) is -1.27. The van der Waals surface area contributed by atoms with Gasteiger partial charge in [0.05, 0.1) is 11.2 Å². The van der Waals surface area contributed by atoms with Gasteiger partial charge in [0.1, 0.15) is 16.5 Å². The van der Waals surface area contributed by atoms with Crippen LogP contribution in [0.4, 0.5) is 23.2 Å². The predicted molar refractivity (Wildman–Crippen MR) is 128 cm³/mol. The summed E-state index contributed by atoms with van der Waals surface area (Å²) >= 11 is 5.84. The van der Waals surface area contributed by atoms with E-state index < -0.39 is 36.2 Å². The minimum atomic E-state index is -2.92. The molecule has 0 fully saturated rings. The van der Waals surface area contributed by atoms with Crippen molar-refractivity contribution in [2.75, 3.05) is 5.32 Å². The molecule has 3 aromatic heterocycles. The van der Waals surface area contributed by atoms with Crippen molar-refractivity contribution >= 4 is 34.2 Å². The molecule has 11 heteroatoms. The number of aromatic nitrogens is 3. The Kier molecular flexibility index (Phi) is 7.07. The third-order valence-corrected chi connectivity index (χ3v) is 5.78. The smallest absolute Gasteiger partial charge is 0.356 e. The lowest BCUT2D eigenvalue weighted by molar-refractivity contribution is 0.0691. The Morgan fingerprint density at radius 3 is 2.39 bits per heavy atom. The summed E-state index contributed by atoms with van der Waals surface area (Å²) in [5, 5.41) is 13.1. The number of aromatic carboxylic acids is 1. The Hall–Kier alpha value is -3.79. The zero-order valence-electron chi connectivity index (χ0n) is 18.9. The highest BCUT2D eigenvalue weighted by molar-refractivity contribution is 6.29. The van der Waals surface area contributed by atoms with E-state index in [0.717, 1.165) is 17.8 Å². The van der Waals surface area contributed by atoms with Gasteiger partial charge in [-0.05, 0) is 55.3 Å². The van der Waals surface area contributed by atoms with Gasteiger partial charge in [0, 0.05) is 28.8 Å². The minimum Gasteiger partial charge on any atom is -0.476 e. The first kappa shape index (κ1) is 25.3. The molecule has 0 unspecified atom stereocenters. The quantitative estimate of drug-likeness (QED) is 0.196. The molecule has 0 bridgehead atoms. The van der Waals surface area contributed by atoms with Crippen LogP contribution in [-0.2, 0) is 0 Å². The van der Waals surface area contributed by atoms with Gasteiger partial charge in [-0.25, -0.2) is 32.3 Å². The molecule has 1 aromatic carbocycles. The fourth-order valence-corrected chi connectivity index (χ4v) is 4.09. The summed E-state index contributed by atoms with van der Waals surface area (Å²) in [6, 6.07) is 9.83. The Morgan fingerprint density at radius 1 is 1.03 bits per heavy atom.